The van der Waals surface area contributed by atoms with E-state index >= 15 is 0 Å². The summed E-state index contributed by atoms with van der Waals surface area (Å²) in [6.45, 7) is 2.04. The van der Waals surface area contributed by atoms with Crippen LogP contribution in [0.25, 0.3) is 0 Å². The van der Waals surface area contributed by atoms with E-state index in [0.717, 1.165) is 3.57 Å². The van der Waals surface area contributed by atoms with Crippen LogP contribution in [-0.4, -0.2) is 62.0 Å². The molecule has 1 heterocycles. The lowest BCUT2D eigenvalue weighted by Gasteiger charge is -2.35. The molecule has 0 spiro atoms. The van der Waals surface area contributed by atoms with Crippen molar-refractivity contribution < 1.29 is 19.1 Å². The Morgan fingerprint density at radius 3 is 1.93 bits per heavy atom. The zero-order valence-corrected chi connectivity index (χ0v) is 17.4. The van der Waals surface area contributed by atoms with E-state index in [-0.39, 0.29) is 11.8 Å². The third-order valence-electron chi connectivity index (χ3n) is 4.58. The molecular weight excluding hydrogens is 459 g/mol. The van der Waals surface area contributed by atoms with E-state index in [1.54, 1.807) is 36.2 Å². The van der Waals surface area contributed by atoms with Gasteiger partial charge in [-0.2, -0.15) is 0 Å². The number of ether oxygens (including phenoxy) is 2. The van der Waals surface area contributed by atoms with Crippen LogP contribution in [0.5, 0.6) is 11.5 Å². The van der Waals surface area contributed by atoms with E-state index in [0.29, 0.717) is 48.8 Å². The van der Waals surface area contributed by atoms with Crippen LogP contribution in [0.3, 0.4) is 0 Å². The van der Waals surface area contributed by atoms with Crippen molar-refractivity contribution in [3.63, 3.8) is 0 Å². The molecule has 0 atom stereocenters. The third-order valence-corrected chi connectivity index (χ3v) is 5.47. The zero-order chi connectivity index (χ0) is 19.4. The smallest absolute Gasteiger partial charge is 0.255 e. The average Bonchev–Trinajstić information content (AvgIpc) is 2.73. The van der Waals surface area contributed by atoms with Crippen LogP contribution in [0.15, 0.2) is 42.5 Å². The SMILES string of the molecule is COc1cc(I)c(C(=O)N2CCN(C(=O)c3ccccc3)CC2)cc1OC. The molecule has 6 nitrogen and oxygen atoms in total. The summed E-state index contributed by atoms with van der Waals surface area (Å²) in [5.41, 5.74) is 1.25. The number of hydrogen-bond donors (Lipinski definition) is 0. The quantitative estimate of drug-likeness (QED) is 0.632. The van der Waals surface area contributed by atoms with Crippen LogP contribution < -0.4 is 9.47 Å². The van der Waals surface area contributed by atoms with Gasteiger partial charge in [-0.15, -0.1) is 0 Å². The Morgan fingerprint density at radius 1 is 0.852 bits per heavy atom. The first-order valence-electron chi connectivity index (χ1n) is 8.60. The molecule has 0 aromatic heterocycles. The maximum absolute atomic E-state index is 13.0. The van der Waals surface area contributed by atoms with E-state index < -0.39 is 0 Å². The number of rotatable bonds is 4. The van der Waals surface area contributed by atoms with E-state index in [2.05, 4.69) is 22.6 Å². The minimum absolute atomic E-state index is 0.00314. The molecular formula is C20H21IN2O4. The van der Waals surface area contributed by atoms with E-state index in [1.807, 2.05) is 30.3 Å². The number of carbonyl (C=O) groups is 2. The lowest BCUT2D eigenvalue weighted by molar-refractivity contribution is 0.0534. The van der Waals surface area contributed by atoms with Crippen LogP contribution in [0.2, 0.25) is 0 Å². The van der Waals surface area contributed by atoms with Crippen LogP contribution in [0, 0.1) is 3.57 Å². The largest absolute Gasteiger partial charge is 0.493 e. The molecule has 0 saturated carbocycles. The lowest BCUT2D eigenvalue weighted by Crippen LogP contribution is -2.50. The van der Waals surface area contributed by atoms with Gasteiger partial charge in [-0.1, -0.05) is 18.2 Å². The molecule has 1 fully saturated rings. The number of amides is 2. The van der Waals surface area contributed by atoms with Gasteiger partial charge in [0, 0.05) is 35.3 Å². The molecule has 2 aromatic carbocycles. The third kappa shape index (κ3) is 4.18. The van der Waals surface area contributed by atoms with Crippen LogP contribution in [-0.2, 0) is 0 Å². The van der Waals surface area contributed by atoms with E-state index in [4.69, 9.17) is 9.47 Å². The van der Waals surface area contributed by atoms with Crippen LogP contribution in [0.1, 0.15) is 20.7 Å². The number of nitrogens with zero attached hydrogens (tertiary/aromatic N) is 2. The molecule has 1 aliphatic heterocycles. The minimum atomic E-state index is -0.0628. The van der Waals surface area contributed by atoms with Crippen molar-refractivity contribution in [2.45, 2.75) is 0 Å². The first-order valence-corrected chi connectivity index (χ1v) is 9.68. The monoisotopic (exact) mass is 480 g/mol. The van der Waals surface area contributed by atoms with Gasteiger partial charge in [-0.25, -0.2) is 0 Å². The first kappa shape index (κ1) is 19.5. The van der Waals surface area contributed by atoms with Crippen molar-refractivity contribution in [3.05, 3.63) is 57.2 Å². The fraction of sp³-hybridized carbons (Fsp3) is 0.300. The molecule has 2 amide bonds. The topological polar surface area (TPSA) is 59.1 Å². The molecule has 27 heavy (non-hydrogen) atoms. The highest BCUT2D eigenvalue weighted by atomic mass is 127. The maximum atomic E-state index is 13.0. The van der Waals surface area contributed by atoms with Crippen molar-refractivity contribution in [2.75, 3.05) is 40.4 Å². The molecule has 1 saturated heterocycles. The molecule has 0 unspecified atom stereocenters. The Bertz CT molecular complexity index is 833. The van der Waals surface area contributed by atoms with Crippen molar-refractivity contribution in [1.82, 2.24) is 9.80 Å². The van der Waals surface area contributed by atoms with Gasteiger partial charge in [-0.05, 0) is 46.9 Å². The number of halogens is 1. The summed E-state index contributed by atoms with van der Waals surface area (Å²) < 4.78 is 11.4. The lowest BCUT2D eigenvalue weighted by atomic mass is 10.1. The van der Waals surface area contributed by atoms with Gasteiger partial charge in [0.1, 0.15) is 0 Å². The molecule has 1 aliphatic rings. The first-order chi connectivity index (χ1) is 13.0. The highest BCUT2D eigenvalue weighted by Gasteiger charge is 2.27. The number of hydrogen-bond acceptors (Lipinski definition) is 4. The van der Waals surface area contributed by atoms with E-state index in [9.17, 15) is 9.59 Å². The fourth-order valence-corrected chi connectivity index (χ4v) is 3.73. The molecule has 2 aromatic rings. The zero-order valence-electron chi connectivity index (χ0n) is 15.3. The Hall–Kier alpha value is -2.29. The summed E-state index contributed by atoms with van der Waals surface area (Å²) >= 11 is 2.13. The van der Waals surface area contributed by atoms with E-state index in [1.165, 1.54) is 0 Å². The Balaban J connectivity index is 1.69. The fourth-order valence-electron chi connectivity index (χ4n) is 3.06. The second kappa shape index (κ2) is 8.60. The maximum Gasteiger partial charge on any atom is 0.255 e. The average molecular weight is 480 g/mol. The second-order valence-electron chi connectivity index (χ2n) is 6.14. The molecule has 0 bridgehead atoms. The highest BCUT2D eigenvalue weighted by Crippen LogP contribution is 2.32. The minimum Gasteiger partial charge on any atom is -0.493 e. The second-order valence-corrected chi connectivity index (χ2v) is 7.30. The summed E-state index contributed by atoms with van der Waals surface area (Å²) in [7, 11) is 3.12. The van der Waals surface area contributed by atoms with Crippen molar-refractivity contribution in [2.24, 2.45) is 0 Å². The summed E-state index contributed by atoms with van der Waals surface area (Å²) in [4.78, 5) is 29.1. The Labute approximate surface area is 172 Å². The molecule has 0 N–H and O–H groups in total. The van der Waals surface area contributed by atoms with Gasteiger partial charge < -0.3 is 19.3 Å². The molecule has 0 radical (unpaired) electrons. The van der Waals surface area contributed by atoms with Crippen molar-refractivity contribution >= 4 is 34.4 Å². The summed E-state index contributed by atoms with van der Waals surface area (Å²) in [5, 5.41) is 0. The highest BCUT2D eigenvalue weighted by molar-refractivity contribution is 14.1. The number of piperazine rings is 1. The standard InChI is InChI=1S/C20H21IN2O4/c1-26-17-12-15(16(21)13-18(17)27-2)20(25)23-10-8-22(9-11-23)19(24)14-6-4-3-5-7-14/h3-7,12-13H,8-11H2,1-2H3. The van der Waals surface area contributed by atoms with Gasteiger partial charge in [0.15, 0.2) is 11.5 Å². The normalized spacial score (nSPS) is 14.0. The predicted octanol–water partition coefficient (Wildman–Crippen LogP) is 2.91. The molecule has 7 heteroatoms. The number of benzene rings is 2. The van der Waals surface area contributed by atoms with Crippen LogP contribution in [0.4, 0.5) is 0 Å². The predicted molar refractivity (Wildman–Crippen MR) is 111 cm³/mol. The summed E-state index contributed by atoms with van der Waals surface area (Å²) in [5.74, 6) is 1.06. The Morgan fingerprint density at radius 2 is 1.37 bits per heavy atom. The van der Waals surface area contributed by atoms with Gasteiger partial charge >= 0.3 is 0 Å². The summed E-state index contributed by atoms with van der Waals surface area (Å²) in [6.07, 6.45) is 0. The molecule has 3 rings (SSSR count). The molecule has 142 valence electrons. The van der Waals surface area contributed by atoms with Crippen LogP contribution >= 0.6 is 22.6 Å². The number of methoxy groups -OCH3 is 2. The molecule has 0 aliphatic carbocycles. The number of carbonyl (C=O) groups excluding carboxylic acids is 2. The van der Waals surface area contributed by atoms with Gasteiger partial charge in [-0.3, -0.25) is 9.59 Å². The van der Waals surface area contributed by atoms with Crippen molar-refractivity contribution in [1.29, 1.82) is 0 Å². The van der Waals surface area contributed by atoms with Gasteiger partial charge in [0.25, 0.3) is 11.8 Å². The summed E-state index contributed by atoms with van der Waals surface area (Å²) in [6, 6.07) is 12.7. The Kier molecular flexibility index (Phi) is 6.20. The van der Waals surface area contributed by atoms with Gasteiger partial charge in [0.2, 0.25) is 0 Å². The van der Waals surface area contributed by atoms with Gasteiger partial charge in [0.05, 0.1) is 19.8 Å². The van der Waals surface area contributed by atoms with Crippen molar-refractivity contribution in [3.8, 4) is 11.5 Å².